The summed E-state index contributed by atoms with van der Waals surface area (Å²) in [5.74, 6) is -0.0732. The topological polar surface area (TPSA) is 98.9 Å². The van der Waals surface area contributed by atoms with E-state index < -0.39 is 31.9 Å². The number of rotatable bonds is 4. The van der Waals surface area contributed by atoms with Gasteiger partial charge in [-0.25, -0.2) is 13.4 Å². The summed E-state index contributed by atoms with van der Waals surface area (Å²) in [5, 5.41) is 9.16. The van der Waals surface area contributed by atoms with Crippen LogP contribution in [-0.2, 0) is 14.6 Å². The first-order chi connectivity index (χ1) is 15.2. The number of alkyl halides is 3. The normalized spacial score (nSPS) is 15.5. The first-order valence-corrected chi connectivity index (χ1v) is 11.7. The fourth-order valence-electron chi connectivity index (χ4n) is 3.42. The zero-order valence-electron chi connectivity index (χ0n) is 16.1. The van der Waals surface area contributed by atoms with Gasteiger partial charge in [-0.15, -0.1) is 29.6 Å². The van der Waals surface area contributed by atoms with Crippen LogP contribution in [0.1, 0.15) is 0 Å². The van der Waals surface area contributed by atoms with E-state index in [-0.39, 0.29) is 5.65 Å². The van der Waals surface area contributed by atoms with Gasteiger partial charge < -0.3 is 14.4 Å². The van der Waals surface area contributed by atoms with Gasteiger partial charge in [0.25, 0.3) is 0 Å². The van der Waals surface area contributed by atoms with Crippen molar-refractivity contribution in [2.24, 2.45) is 0 Å². The molecule has 4 heterocycles. The van der Waals surface area contributed by atoms with Gasteiger partial charge >= 0.3 is 6.36 Å². The van der Waals surface area contributed by atoms with E-state index in [1.807, 2.05) is 10.3 Å². The van der Waals surface area contributed by atoms with Crippen molar-refractivity contribution in [2.45, 2.75) is 16.3 Å². The Morgan fingerprint density at radius 2 is 1.94 bits per heavy atom. The average Bonchev–Trinajstić information content (AvgIpc) is 3.40. The maximum atomic E-state index is 13.3. The predicted octanol–water partition coefficient (Wildman–Crippen LogP) is 2.91. The largest absolute Gasteiger partial charge is 0.573 e. The molecule has 0 saturated carbocycles. The lowest BCUT2D eigenvalue weighted by Gasteiger charge is -2.28. The smallest absolute Gasteiger partial charge is 0.406 e. The number of morpholine rings is 1. The molecule has 9 nitrogen and oxygen atoms in total. The molecule has 3 aromatic heterocycles. The summed E-state index contributed by atoms with van der Waals surface area (Å²) < 4.78 is 75.6. The lowest BCUT2D eigenvalue weighted by atomic mass is 10.3. The van der Waals surface area contributed by atoms with E-state index in [2.05, 4.69) is 20.0 Å². The Bertz CT molecular complexity index is 1410. The van der Waals surface area contributed by atoms with Crippen molar-refractivity contribution >= 4 is 42.9 Å². The van der Waals surface area contributed by atoms with Crippen molar-refractivity contribution in [1.82, 2.24) is 19.8 Å². The predicted molar refractivity (Wildman–Crippen MR) is 108 cm³/mol. The van der Waals surface area contributed by atoms with E-state index in [0.29, 0.717) is 37.6 Å². The summed E-state index contributed by atoms with van der Waals surface area (Å²) in [6.07, 6.45) is -4.95. The highest BCUT2D eigenvalue weighted by molar-refractivity contribution is 7.91. The second-order valence-electron chi connectivity index (χ2n) is 6.83. The van der Waals surface area contributed by atoms with E-state index >= 15 is 0 Å². The van der Waals surface area contributed by atoms with E-state index in [9.17, 15) is 21.6 Å². The summed E-state index contributed by atoms with van der Waals surface area (Å²) in [4.78, 5) is 6.14. The molecule has 0 unspecified atom stereocenters. The molecule has 1 saturated heterocycles. The monoisotopic (exact) mass is 485 g/mol. The van der Waals surface area contributed by atoms with Gasteiger partial charge in [-0.05, 0) is 29.6 Å². The van der Waals surface area contributed by atoms with Gasteiger partial charge in [-0.1, -0.05) is 11.3 Å². The Morgan fingerprint density at radius 3 is 2.69 bits per heavy atom. The quantitative estimate of drug-likeness (QED) is 0.435. The number of hydrogen-bond donors (Lipinski definition) is 0. The first kappa shape index (κ1) is 20.9. The van der Waals surface area contributed by atoms with E-state index in [1.165, 1.54) is 15.9 Å². The molecule has 1 aliphatic rings. The number of fused-ring (bicyclic) bond motifs is 3. The molecule has 0 amide bonds. The van der Waals surface area contributed by atoms with Crippen molar-refractivity contribution < 1.29 is 31.1 Å². The minimum atomic E-state index is -4.95. The molecular weight excluding hydrogens is 471 g/mol. The third kappa shape index (κ3) is 3.63. The Labute approximate surface area is 182 Å². The van der Waals surface area contributed by atoms with Crippen LogP contribution >= 0.6 is 11.3 Å². The molecule has 0 bridgehead atoms. The van der Waals surface area contributed by atoms with Crippen LogP contribution < -0.4 is 9.64 Å². The fourth-order valence-corrected chi connectivity index (χ4v) is 5.58. The Hall–Kier alpha value is -2.97. The highest BCUT2D eigenvalue weighted by Gasteiger charge is 2.33. The van der Waals surface area contributed by atoms with Crippen LogP contribution in [-0.4, -0.2) is 60.9 Å². The molecule has 0 radical (unpaired) electrons. The molecule has 168 valence electrons. The maximum absolute atomic E-state index is 13.3. The highest BCUT2D eigenvalue weighted by Crippen LogP contribution is 2.34. The van der Waals surface area contributed by atoms with Crippen LogP contribution in [0.2, 0.25) is 0 Å². The van der Waals surface area contributed by atoms with E-state index in [0.717, 1.165) is 29.0 Å². The molecule has 0 N–H and O–H groups in total. The number of aromatic nitrogens is 4. The Morgan fingerprint density at radius 1 is 1.16 bits per heavy atom. The number of anilines is 1. The second-order valence-corrected chi connectivity index (χ2v) is 9.61. The summed E-state index contributed by atoms with van der Waals surface area (Å²) in [5.41, 5.74) is 0.615. The summed E-state index contributed by atoms with van der Waals surface area (Å²) >= 11 is 1.44. The summed E-state index contributed by atoms with van der Waals surface area (Å²) in [6.45, 7) is 2.18. The molecule has 0 spiro atoms. The molecule has 1 aliphatic heterocycles. The van der Waals surface area contributed by atoms with Crippen LogP contribution in [0.15, 0.2) is 45.6 Å². The number of halogens is 3. The van der Waals surface area contributed by atoms with Crippen LogP contribution in [0.5, 0.6) is 5.75 Å². The maximum Gasteiger partial charge on any atom is 0.573 e. The van der Waals surface area contributed by atoms with Gasteiger partial charge in [0, 0.05) is 13.1 Å². The van der Waals surface area contributed by atoms with Crippen molar-refractivity contribution in [3.05, 3.63) is 35.7 Å². The van der Waals surface area contributed by atoms with Gasteiger partial charge in [0.2, 0.25) is 14.9 Å². The number of sulfone groups is 1. The van der Waals surface area contributed by atoms with Crippen LogP contribution in [0.25, 0.3) is 15.9 Å². The third-order valence-corrected chi connectivity index (χ3v) is 7.37. The van der Waals surface area contributed by atoms with Crippen LogP contribution in [0, 0.1) is 0 Å². The number of hydrogen-bond acceptors (Lipinski definition) is 9. The number of benzene rings is 1. The molecule has 4 aromatic rings. The number of nitrogens with zero attached hydrogens (tertiary/aromatic N) is 5. The lowest BCUT2D eigenvalue weighted by molar-refractivity contribution is -0.274. The average molecular weight is 485 g/mol. The number of ether oxygens (including phenoxy) is 2. The first-order valence-electron chi connectivity index (χ1n) is 9.30. The number of thiophene rings is 1. The molecule has 32 heavy (non-hydrogen) atoms. The van der Waals surface area contributed by atoms with Crippen molar-refractivity contribution in [2.75, 3.05) is 31.2 Å². The van der Waals surface area contributed by atoms with Gasteiger partial charge in [-0.3, -0.25) is 0 Å². The Balaban J connectivity index is 1.65. The molecule has 1 fully saturated rings. The van der Waals surface area contributed by atoms with Gasteiger partial charge in [0.15, 0.2) is 11.5 Å². The minimum absolute atomic E-state index is 0.0143. The third-order valence-electron chi connectivity index (χ3n) is 4.82. The highest BCUT2D eigenvalue weighted by atomic mass is 32.2. The molecule has 0 aliphatic carbocycles. The zero-order chi connectivity index (χ0) is 22.5. The lowest BCUT2D eigenvalue weighted by Crippen LogP contribution is -2.36. The molecule has 14 heteroatoms. The second kappa shape index (κ2) is 7.56. The Kier molecular flexibility index (Phi) is 4.94. The van der Waals surface area contributed by atoms with Crippen LogP contribution in [0.3, 0.4) is 0 Å². The van der Waals surface area contributed by atoms with Crippen molar-refractivity contribution in [3.63, 3.8) is 0 Å². The standard InChI is InChI=1S/C18H14F3N5O4S2/c19-18(20,21)30-11-2-1-3-12(10-11)32(27,28)17-16-22-15(25-5-7-29-8-6-25)14-13(4-9-31-14)26(16)24-23-17/h1-4,9-10H,5-8H2. The SMILES string of the molecule is O=S(=O)(c1cccc(OC(F)(F)F)c1)c1nnn2c1nc(N1CCOCC1)c1sccc12. The van der Waals surface area contributed by atoms with Crippen molar-refractivity contribution in [3.8, 4) is 5.75 Å². The van der Waals surface area contributed by atoms with Gasteiger partial charge in [0.05, 0.1) is 28.3 Å². The summed E-state index contributed by atoms with van der Waals surface area (Å²) in [7, 11) is -4.34. The van der Waals surface area contributed by atoms with Crippen LogP contribution in [0.4, 0.5) is 19.0 Å². The molecule has 0 atom stereocenters. The minimum Gasteiger partial charge on any atom is -0.406 e. The fraction of sp³-hybridized carbons (Fsp3) is 0.278. The summed E-state index contributed by atoms with van der Waals surface area (Å²) in [6, 6.07) is 5.90. The van der Waals surface area contributed by atoms with Gasteiger partial charge in [0.1, 0.15) is 5.75 Å². The zero-order valence-corrected chi connectivity index (χ0v) is 17.7. The molecule has 1 aromatic carbocycles. The van der Waals surface area contributed by atoms with E-state index in [1.54, 1.807) is 6.07 Å². The molecular formula is C18H14F3N5O4S2. The van der Waals surface area contributed by atoms with Gasteiger partial charge in [-0.2, -0.15) is 4.52 Å². The molecule has 5 rings (SSSR count). The van der Waals surface area contributed by atoms with E-state index in [4.69, 9.17) is 4.74 Å². The van der Waals surface area contributed by atoms with Crippen molar-refractivity contribution in [1.29, 1.82) is 0 Å².